The Bertz CT molecular complexity index is 1320. The number of carbonyl (C=O) groups is 2. The SMILES string of the molecule is COc1ccc(C(=O)CSC2=C(C#N)[C@H](c3ccco3)C(C(=O)Nc3ccccc3)=C(C)N2)cc1. The minimum atomic E-state index is -0.710. The number of benzene rings is 2. The zero-order chi connectivity index (χ0) is 24.8. The molecule has 2 heterocycles. The highest BCUT2D eigenvalue weighted by atomic mass is 32.2. The molecule has 4 rings (SSSR count). The van der Waals surface area contributed by atoms with Crippen LogP contribution in [0.4, 0.5) is 5.69 Å². The van der Waals surface area contributed by atoms with Crippen LogP contribution in [0, 0.1) is 11.3 Å². The van der Waals surface area contributed by atoms with Crippen LogP contribution >= 0.6 is 11.8 Å². The number of nitriles is 1. The minimum absolute atomic E-state index is 0.0898. The van der Waals surface area contributed by atoms with Gasteiger partial charge in [-0.2, -0.15) is 5.26 Å². The third-order valence-corrected chi connectivity index (χ3v) is 6.53. The first-order valence-electron chi connectivity index (χ1n) is 10.8. The van der Waals surface area contributed by atoms with Crippen LogP contribution < -0.4 is 15.4 Å². The van der Waals surface area contributed by atoms with Gasteiger partial charge in [-0.25, -0.2) is 0 Å². The van der Waals surface area contributed by atoms with Crippen LogP contribution in [0.5, 0.6) is 5.75 Å². The molecule has 8 heteroatoms. The lowest BCUT2D eigenvalue weighted by Gasteiger charge is -2.28. The van der Waals surface area contributed by atoms with Gasteiger partial charge in [-0.1, -0.05) is 30.0 Å². The maximum Gasteiger partial charge on any atom is 0.254 e. The van der Waals surface area contributed by atoms with Crippen molar-refractivity contribution in [2.45, 2.75) is 12.8 Å². The summed E-state index contributed by atoms with van der Waals surface area (Å²) in [7, 11) is 1.57. The molecule has 0 saturated heterocycles. The van der Waals surface area contributed by atoms with Crippen molar-refractivity contribution in [1.29, 1.82) is 5.26 Å². The third-order valence-electron chi connectivity index (χ3n) is 5.51. The Balaban J connectivity index is 1.61. The summed E-state index contributed by atoms with van der Waals surface area (Å²) in [5.41, 5.74) is 2.47. The zero-order valence-electron chi connectivity index (χ0n) is 19.2. The maximum atomic E-state index is 13.3. The summed E-state index contributed by atoms with van der Waals surface area (Å²) < 4.78 is 10.8. The van der Waals surface area contributed by atoms with Gasteiger partial charge in [-0.05, 0) is 55.5 Å². The molecular weight excluding hydrogens is 462 g/mol. The van der Waals surface area contributed by atoms with Gasteiger partial charge < -0.3 is 19.8 Å². The number of thioether (sulfide) groups is 1. The van der Waals surface area contributed by atoms with Gasteiger partial charge in [0.2, 0.25) is 0 Å². The fourth-order valence-electron chi connectivity index (χ4n) is 3.79. The molecule has 0 spiro atoms. The highest BCUT2D eigenvalue weighted by molar-refractivity contribution is 8.03. The number of hydrogen-bond acceptors (Lipinski definition) is 7. The Hall–Kier alpha value is -4.22. The van der Waals surface area contributed by atoms with E-state index in [-0.39, 0.29) is 17.4 Å². The summed E-state index contributed by atoms with van der Waals surface area (Å²) in [6.45, 7) is 1.77. The van der Waals surface area contributed by atoms with Crippen LogP contribution in [0.2, 0.25) is 0 Å². The van der Waals surface area contributed by atoms with Crippen LogP contribution in [-0.4, -0.2) is 24.6 Å². The molecule has 7 nitrogen and oxygen atoms in total. The van der Waals surface area contributed by atoms with E-state index < -0.39 is 5.92 Å². The fourth-order valence-corrected chi connectivity index (χ4v) is 4.77. The number of allylic oxidation sites excluding steroid dienone is 2. The van der Waals surface area contributed by atoms with E-state index in [1.807, 2.05) is 18.2 Å². The van der Waals surface area contributed by atoms with E-state index in [1.54, 1.807) is 62.6 Å². The van der Waals surface area contributed by atoms with Gasteiger partial charge in [0, 0.05) is 16.9 Å². The Labute approximate surface area is 207 Å². The molecule has 0 aliphatic carbocycles. The number of ketones is 1. The molecular formula is C27H23N3O4S. The highest BCUT2D eigenvalue weighted by Gasteiger charge is 2.36. The molecule has 1 atom stereocenters. The van der Waals surface area contributed by atoms with Gasteiger partial charge in [-0.3, -0.25) is 9.59 Å². The Morgan fingerprint density at radius 2 is 1.86 bits per heavy atom. The van der Waals surface area contributed by atoms with Crippen molar-refractivity contribution in [1.82, 2.24) is 5.32 Å². The third kappa shape index (κ3) is 5.31. The number of amides is 1. The molecule has 1 aliphatic rings. The molecule has 176 valence electrons. The molecule has 1 aromatic heterocycles. The van der Waals surface area contributed by atoms with Crippen LogP contribution in [0.25, 0.3) is 0 Å². The van der Waals surface area contributed by atoms with Crippen LogP contribution in [0.15, 0.2) is 99.3 Å². The van der Waals surface area contributed by atoms with E-state index in [2.05, 4.69) is 16.7 Å². The number of hydrogen-bond donors (Lipinski definition) is 2. The summed E-state index contributed by atoms with van der Waals surface area (Å²) in [5, 5.41) is 16.7. The van der Waals surface area contributed by atoms with Crippen molar-refractivity contribution in [3.63, 3.8) is 0 Å². The fraction of sp³-hybridized carbons (Fsp3) is 0.148. The molecule has 0 saturated carbocycles. The summed E-state index contributed by atoms with van der Waals surface area (Å²) in [5.74, 6) is 0.116. The molecule has 0 fully saturated rings. The average molecular weight is 486 g/mol. The lowest BCUT2D eigenvalue weighted by atomic mass is 9.85. The quantitative estimate of drug-likeness (QED) is 0.421. The minimum Gasteiger partial charge on any atom is -0.497 e. The summed E-state index contributed by atoms with van der Waals surface area (Å²) in [6.07, 6.45) is 1.51. The molecule has 0 radical (unpaired) electrons. The predicted molar refractivity (Wildman–Crippen MR) is 135 cm³/mol. The molecule has 2 aromatic carbocycles. The summed E-state index contributed by atoms with van der Waals surface area (Å²) in [6, 6.07) is 21.7. The van der Waals surface area contributed by atoms with Gasteiger partial charge in [0.15, 0.2) is 5.78 Å². The predicted octanol–water partition coefficient (Wildman–Crippen LogP) is 5.24. The lowest BCUT2D eigenvalue weighted by Crippen LogP contribution is -2.30. The monoisotopic (exact) mass is 485 g/mol. The van der Waals surface area contributed by atoms with E-state index in [4.69, 9.17) is 9.15 Å². The molecule has 0 bridgehead atoms. The molecule has 2 N–H and O–H groups in total. The molecule has 0 unspecified atom stereocenters. The van der Waals surface area contributed by atoms with Gasteiger partial charge in [-0.15, -0.1) is 0 Å². The van der Waals surface area contributed by atoms with Crippen molar-refractivity contribution in [3.05, 3.63) is 106 Å². The first kappa shape index (κ1) is 23.9. The van der Waals surface area contributed by atoms with Crippen LogP contribution in [-0.2, 0) is 4.79 Å². The second-order valence-corrected chi connectivity index (χ2v) is 8.71. The van der Waals surface area contributed by atoms with Gasteiger partial charge in [0.1, 0.15) is 11.5 Å². The number of dihydropyridines is 1. The number of Topliss-reactive ketones (excluding diaryl/α,β-unsaturated/α-hetero) is 1. The van der Waals surface area contributed by atoms with Gasteiger partial charge >= 0.3 is 0 Å². The molecule has 1 amide bonds. The Morgan fingerprint density at radius 3 is 2.49 bits per heavy atom. The first-order valence-corrected chi connectivity index (χ1v) is 11.8. The average Bonchev–Trinajstić information content (AvgIpc) is 3.42. The number of ether oxygens (including phenoxy) is 1. The lowest BCUT2D eigenvalue weighted by molar-refractivity contribution is -0.113. The van der Waals surface area contributed by atoms with Gasteiger partial charge in [0.25, 0.3) is 5.91 Å². The Morgan fingerprint density at radius 1 is 1.11 bits per heavy atom. The summed E-state index contributed by atoms with van der Waals surface area (Å²) >= 11 is 1.22. The standard InChI is InChI=1S/C27H23N3O4S/c1-17-24(26(32)30-19-7-4-3-5-8-19)25(23-9-6-14-34-23)21(15-28)27(29-17)35-16-22(31)18-10-12-20(33-2)13-11-18/h3-14,25,29H,16H2,1-2H3,(H,30,32)/t25-/m1/s1. The zero-order valence-corrected chi connectivity index (χ0v) is 20.0. The van der Waals surface area contributed by atoms with Gasteiger partial charge in [0.05, 0.1) is 47.3 Å². The van der Waals surface area contributed by atoms with E-state index in [1.165, 1.54) is 18.0 Å². The second-order valence-electron chi connectivity index (χ2n) is 7.73. The number of carbonyl (C=O) groups excluding carboxylic acids is 2. The number of nitrogens with one attached hydrogen (secondary N) is 2. The van der Waals surface area contributed by atoms with Crippen molar-refractivity contribution in [3.8, 4) is 11.8 Å². The van der Waals surface area contributed by atoms with E-state index in [0.717, 1.165) is 0 Å². The maximum absolute atomic E-state index is 13.3. The smallest absolute Gasteiger partial charge is 0.254 e. The largest absolute Gasteiger partial charge is 0.497 e. The molecule has 3 aromatic rings. The summed E-state index contributed by atoms with van der Waals surface area (Å²) in [4.78, 5) is 26.1. The van der Waals surface area contributed by atoms with Crippen LogP contribution in [0.3, 0.4) is 0 Å². The number of methoxy groups -OCH3 is 1. The highest BCUT2D eigenvalue weighted by Crippen LogP contribution is 2.41. The first-order chi connectivity index (χ1) is 17.0. The van der Waals surface area contributed by atoms with Crippen molar-refractivity contribution in [2.75, 3.05) is 18.2 Å². The number of rotatable bonds is 8. The van der Waals surface area contributed by atoms with E-state index in [9.17, 15) is 14.9 Å². The van der Waals surface area contributed by atoms with Crippen molar-refractivity contribution < 1.29 is 18.7 Å². The van der Waals surface area contributed by atoms with Crippen molar-refractivity contribution >= 4 is 29.1 Å². The number of para-hydroxylation sites is 1. The van der Waals surface area contributed by atoms with E-state index >= 15 is 0 Å². The van der Waals surface area contributed by atoms with E-state index in [0.29, 0.717) is 44.6 Å². The number of nitrogens with zero attached hydrogens (tertiary/aromatic N) is 1. The van der Waals surface area contributed by atoms with Crippen molar-refractivity contribution in [2.24, 2.45) is 0 Å². The number of furan rings is 1. The second kappa shape index (κ2) is 10.8. The van der Waals surface area contributed by atoms with Crippen LogP contribution in [0.1, 0.15) is 29.0 Å². The number of anilines is 1. The normalized spacial score (nSPS) is 15.3. The Kier molecular flexibility index (Phi) is 7.38. The molecule has 1 aliphatic heterocycles. The topological polar surface area (TPSA) is 104 Å². The molecule has 35 heavy (non-hydrogen) atoms.